The summed E-state index contributed by atoms with van der Waals surface area (Å²) in [7, 11) is 0. The van der Waals surface area contributed by atoms with Crippen molar-refractivity contribution >= 4 is 17.9 Å². The van der Waals surface area contributed by atoms with Crippen molar-refractivity contribution in [2.75, 3.05) is 0 Å². The van der Waals surface area contributed by atoms with Crippen LogP contribution >= 0.6 is 0 Å². The fourth-order valence-electron chi connectivity index (χ4n) is 1.52. The second-order valence-electron chi connectivity index (χ2n) is 3.90. The number of nitrogens with two attached hydrogens (primary N) is 1. The molecule has 0 aliphatic carbocycles. The van der Waals surface area contributed by atoms with E-state index >= 15 is 0 Å². The maximum Gasteiger partial charge on any atom is 0.310 e. The highest BCUT2D eigenvalue weighted by atomic mass is 16.6. The molecule has 0 fully saturated rings. The molecule has 102 valence electrons. The van der Waals surface area contributed by atoms with Crippen LogP contribution in [0.1, 0.15) is 30.1 Å². The van der Waals surface area contributed by atoms with E-state index in [-0.39, 0.29) is 17.0 Å². The maximum absolute atomic E-state index is 11.2. The van der Waals surface area contributed by atoms with E-state index in [1.807, 2.05) is 6.92 Å². The average Bonchev–Trinajstić information content (AvgIpc) is 2.37. The van der Waals surface area contributed by atoms with Crippen LogP contribution < -0.4 is 10.5 Å². The van der Waals surface area contributed by atoms with Gasteiger partial charge in [-0.15, -0.1) is 0 Å². The Labute approximate surface area is 109 Å². The number of ether oxygens (including phenoxy) is 1. The highest BCUT2D eigenvalue weighted by molar-refractivity contribution is 5.80. The van der Waals surface area contributed by atoms with Crippen molar-refractivity contribution < 1.29 is 19.2 Å². The van der Waals surface area contributed by atoms with Gasteiger partial charge < -0.3 is 10.5 Å². The van der Waals surface area contributed by atoms with Crippen molar-refractivity contribution in [3.8, 4) is 5.75 Å². The number of nitrogens with zero attached hydrogens (tertiary/aromatic N) is 1. The molecule has 1 atom stereocenters. The molecule has 0 aliphatic heterocycles. The van der Waals surface area contributed by atoms with Crippen LogP contribution in [0.25, 0.3) is 0 Å². The molecule has 2 N–H and O–H groups in total. The van der Waals surface area contributed by atoms with Crippen molar-refractivity contribution in [1.29, 1.82) is 0 Å². The molecular formula is C12H14N2O5. The zero-order valence-electron chi connectivity index (χ0n) is 10.4. The number of benzene rings is 1. The molecule has 0 aromatic heterocycles. The molecule has 1 rings (SSSR count). The molecule has 19 heavy (non-hydrogen) atoms. The van der Waals surface area contributed by atoms with Gasteiger partial charge in [-0.1, -0.05) is 13.3 Å². The summed E-state index contributed by atoms with van der Waals surface area (Å²) < 4.78 is 5.28. The Kier molecular flexibility index (Phi) is 4.99. The first-order valence-corrected chi connectivity index (χ1v) is 5.69. The fourth-order valence-corrected chi connectivity index (χ4v) is 1.52. The maximum atomic E-state index is 11.2. The number of carbonyl (C=O) groups excluding carboxylic acids is 2. The van der Waals surface area contributed by atoms with E-state index in [4.69, 9.17) is 10.5 Å². The summed E-state index contributed by atoms with van der Waals surface area (Å²) in [6.45, 7) is 1.83. The van der Waals surface area contributed by atoms with E-state index in [2.05, 4.69) is 0 Å². The fraction of sp³-hybridized carbons (Fsp3) is 0.333. The van der Waals surface area contributed by atoms with E-state index in [0.29, 0.717) is 19.1 Å². The Morgan fingerprint density at radius 3 is 2.74 bits per heavy atom. The number of nitro benzene ring substituents is 1. The Bertz CT molecular complexity index is 501. The number of hydrogen-bond donors (Lipinski definition) is 1. The number of hydrogen-bond acceptors (Lipinski definition) is 5. The molecule has 0 saturated heterocycles. The molecule has 0 bridgehead atoms. The van der Waals surface area contributed by atoms with Gasteiger partial charge in [0.05, 0.1) is 4.92 Å². The molecule has 0 spiro atoms. The molecular weight excluding hydrogens is 252 g/mol. The van der Waals surface area contributed by atoms with Crippen molar-refractivity contribution in [2.24, 2.45) is 5.73 Å². The normalized spacial score (nSPS) is 11.6. The SMILES string of the molecule is CCCC(Oc1cc(C=O)ccc1[N+](=O)[O-])C(N)=O. The summed E-state index contributed by atoms with van der Waals surface area (Å²) in [5.41, 5.74) is 5.07. The minimum Gasteiger partial charge on any atom is -0.473 e. The molecule has 1 aromatic carbocycles. The molecule has 1 unspecified atom stereocenters. The van der Waals surface area contributed by atoms with E-state index in [9.17, 15) is 19.7 Å². The summed E-state index contributed by atoms with van der Waals surface area (Å²) in [6.07, 6.45) is 0.563. The standard InChI is InChI=1S/C12H14N2O5/c1-2-3-10(12(13)16)19-11-6-8(7-15)4-5-9(11)14(17)18/h4-7,10H,2-3H2,1H3,(H2,13,16). The van der Waals surface area contributed by atoms with Crippen LogP contribution in [-0.2, 0) is 4.79 Å². The van der Waals surface area contributed by atoms with Crippen LogP contribution in [0.5, 0.6) is 5.75 Å². The molecule has 7 nitrogen and oxygen atoms in total. The molecule has 0 radical (unpaired) electrons. The molecule has 0 aliphatic rings. The second-order valence-corrected chi connectivity index (χ2v) is 3.90. The van der Waals surface area contributed by atoms with Crippen molar-refractivity contribution in [3.63, 3.8) is 0 Å². The second kappa shape index (κ2) is 6.48. The topological polar surface area (TPSA) is 113 Å². The first kappa shape index (κ1) is 14.6. The van der Waals surface area contributed by atoms with Gasteiger partial charge in [-0.05, 0) is 18.6 Å². The molecule has 0 heterocycles. The van der Waals surface area contributed by atoms with Gasteiger partial charge in [0.2, 0.25) is 0 Å². The summed E-state index contributed by atoms with van der Waals surface area (Å²) in [5.74, 6) is -0.834. The molecule has 7 heteroatoms. The van der Waals surface area contributed by atoms with Crippen molar-refractivity contribution in [3.05, 3.63) is 33.9 Å². The van der Waals surface area contributed by atoms with Gasteiger partial charge in [0.15, 0.2) is 11.9 Å². The number of amides is 1. The Morgan fingerprint density at radius 2 is 2.26 bits per heavy atom. The number of rotatable bonds is 7. The van der Waals surface area contributed by atoms with Crippen LogP contribution in [0.15, 0.2) is 18.2 Å². The first-order chi connectivity index (χ1) is 8.99. The van der Waals surface area contributed by atoms with Crippen LogP contribution in [0.4, 0.5) is 5.69 Å². The minimum absolute atomic E-state index is 0.133. The molecule has 1 aromatic rings. The van der Waals surface area contributed by atoms with Gasteiger partial charge in [0, 0.05) is 11.6 Å². The first-order valence-electron chi connectivity index (χ1n) is 5.69. The smallest absolute Gasteiger partial charge is 0.310 e. The van der Waals surface area contributed by atoms with Crippen LogP contribution in [0.2, 0.25) is 0 Å². The van der Waals surface area contributed by atoms with Crippen LogP contribution in [-0.4, -0.2) is 23.2 Å². The number of aldehydes is 1. The summed E-state index contributed by atoms with van der Waals surface area (Å²) in [6, 6.07) is 3.68. The predicted octanol–water partition coefficient (Wildman–Crippen LogP) is 1.44. The van der Waals surface area contributed by atoms with Gasteiger partial charge >= 0.3 is 5.69 Å². The summed E-state index contributed by atoms with van der Waals surface area (Å²) in [4.78, 5) is 32.1. The molecule has 1 amide bonds. The highest BCUT2D eigenvalue weighted by Gasteiger charge is 2.22. The lowest BCUT2D eigenvalue weighted by Crippen LogP contribution is -2.33. The van der Waals surface area contributed by atoms with E-state index in [1.54, 1.807) is 0 Å². The quantitative estimate of drug-likeness (QED) is 0.455. The zero-order valence-corrected chi connectivity index (χ0v) is 10.4. The molecule has 0 saturated carbocycles. The van der Waals surface area contributed by atoms with Gasteiger partial charge in [0.25, 0.3) is 5.91 Å². The number of primary amides is 1. The van der Waals surface area contributed by atoms with E-state index in [0.717, 1.165) is 6.07 Å². The van der Waals surface area contributed by atoms with Gasteiger partial charge in [-0.25, -0.2) is 0 Å². The van der Waals surface area contributed by atoms with E-state index < -0.39 is 16.9 Å². The predicted molar refractivity (Wildman–Crippen MR) is 67.0 cm³/mol. The Morgan fingerprint density at radius 1 is 1.58 bits per heavy atom. The lowest BCUT2D eigenvalue weighted by molar-refractivity contribution is -0.386. The zero-order chi connectivity index (χ0) is 14.4. The summed E-state index contributed by atoms with van der Waals surface area (Å²) >= 11 is 0. The average molecular weight is 266 g/mol. The Hall–Kier alpha value is -2.44. The number of carbonyl (C=O) groups is 2. The van der Waals surface area contributed by atoms with Gasteiger partial charge in [0.1, 0.15) is 6.29 Å². The van der Waals surface area contributed by atoms with Gasteiger partial charge in [-0.2, -0.15) is 0 Å². The van der Waals surface area contributed by atoms with Crippen LogP contribution in [0.3, 0.4) is 0 Å². The van der Waals surface area contributed by atoms with Crippen LogP contribution in [0, 0.1) is 10.1 Å². The number of nitro groups is 1. The third-order valence-electron chi connectivity index (χ3n) is 2.45. The van der Waals surface area contributed by atoms with Gasteiger partial charge in [-0.3, -0.25) is 19.7 Å². The lowest BCUT2D eigenvalue weighted by Gasteiger charge is -2.15. The highest BCUT2D eigenvalue weighted by Crippen LogP contribution is 2.29. The summed E-state index contributed by atoms with van der Waals surface area (Å²) in [5, 5.41) is 10.9. The van der Waals surface area contributed by atoms with Crippen molar-refractivity contribution in [2.45, 2.75) is 25.9 Å². The monoisotopic (exact) mass is 266 g/mol. The van der Waals surface area contributed by atoms with E-state index in [1.165, 1.54) is 12.1 Å². The third-order valence-corrected chi connectivity index (χ3v) is 2.45. The Balaban J connectivity index is 3.11. The largest absolute Gasteiger partial charge is 0.473 e. The van der Waals surface area contributed by atoms with Crippen molar-refractivity contribution in [1.82, 2.24) is 0 Å². The lowest BCUT2D eigenvalue weighted by atomic mass is 10.1. The minimum atomic E-state index is -0.953. The third kappa shape index (κ3) is 3.77.